The SMILES string of the molecule is CCCC(=O)OC1CCN(c2ccc(N)cc2)CC1. The first-order chi connectivity index (χ1) is 9.19. The summed E-state index contributed by atoms with van der Waals surface area (Å²) in [7, 11) is 0. The van der Waals surface area contributed by atoms with Crippen molar-refractivity contribution in [3.05, 3.63) is 24.3 Å². The van der Waals surface area contributed by atoms with E-state index >= 15 is 0 Å². The van der Waals surface area contributed by atoms with Crippen molar-refractivity contribution in [2.75, 3.05) is 23.7 Å². The van der Waals surface area contributed by atoms with Gasteiger partial charge >= 0.3 is 5.97 Å². The highest BCUT2D eigenvalue weighted by atomic mass is 16.5. The quantitative estimate of drug-likeness (QED) is 0.669. The second kappa shape index (κ2) is 6.45. The van der Waals surface area contributed by atoms with Crippen LogP contribution in [0.5, 0.6) is 0 Å². The highest BCUT2D eigenvalue weighted by molar-refractivity contribution is 5.69. The molecule has 1 saturated heterocycles. The van der Waals surface area contributed by atoms with Gasteiger partial charge in [0.1, 0.15) is 6.10 Å². The van der Waals surface area contributed by atoms with E-state index in [0.29, 0.717) is 6.42 Å². The average molecular weight is 262 g/mol. The molecule has 0 amide bonds. The topological polar surface area (TPSA) is 55.6 Å². The van der Waals surface area contributed by atoms with E-state index in [1.54, 1.807) is 0 Å². The first-order valence-corrected chi connectivity index (χ1v) is 6.99. The molecule has 2 rings (SSSR count). The predicted molar refractivity (Wildman–Crippen MR) is 77.1 cm³/mol. The van der Waals surface area contributed by atoms with Crippen LogP contribution in [0, 0.1) is 0 Å². The lowest BCUT2D eigenvalue weighted by Gasteiger charge is -2.33. The lowest BCUT2D eigenvalue weighted by atomic mass is 10.1. The van der Waals surface area contributed by atoms with Gasteiger partial charge in [0, 0.05) is 43.7 Å². The molecule has 0 saturated carbocycles. The summed E-state index contributed by atoms with van der Waals surface area (Å²) in [5.41, 5.74) is 7.66. The number of nitrogens with zero attached hydrogens (tertiary/aromatic N) is 1. The van der Waals surface area contributed by atoms with E-state index < -0.39 is 0 Å². The molecule has 1 aromatic carbocycles. The van der Waals surface area contributed by atoms with Crippen LogP contribution in [0.25, 0.3) is 0 Å². The van der Waals surface area contributed by atoms with E-state index in [0.717, 1.165) is 38.0 Å². The van der Waals surface area contributed by atoms with Gasteiger partial charge in [-0.3, -0.25) is 4.79 Å². The standard InChI is InChI=1S/C15H22N2O2/c1-2-3-15(18)19-14-8-10-17(11-9-14)13-6-4-12(16)5-7-13/h4-7,14H,2-3,8-11,16H2,1H3. The van der Waals surface area contributed by atoms with Crippen LogP contribution in [0.15, 0.2) is 24.3 Å². The van der Waals surface area contributed by atoms with Gasteiger partial charge in [0.05, 0.1) is 0 Å². The van der Waals surface area contributed by atoms with E-state index in [4.69, 9.17) is 10.5 Å². The van der Waals surface area contributed by atoms with Crippen LogP contribution >= 0.6 is 0 Å². The first kappa shape index (κ1) is 13.7. The Morgan fingerprint density at radius 3 is 2.53 bits per heavy atom. The Hall–Kier alpha value is -1.71. The Morgan fingerprint density at radius 2 is 1.95 bits per heavy atom. The summed E-state index contributed by atoms with van der Waals surface area (Å²) in [6, 6.07) is 7.92. The van der Waals surface area contributed by atoms with Crippen LogP contribution in [0.3, 0.4) is 0 Å². The van der Waals surface area contributed by atoms with Crippen molar-refractivity contribution in [1.29, 1.82) is 0 Å². The molecule has 1 aliphatic rings. The zero-order chi connectivity index (χ0) is 13.7. The molecule has 0 radical (unpaired) electrons. The molecule has 0 bridgehead atoms. The van der Waals surface area contributed by atoms with Gasteiger partial charge in [-0.15, -0.1) is 0 Å². The van der Waals surface area contributed by atoms with Crippen LogP contribution in [0.1, 0.15) is 32.6 Å². The largest absolute Gasteiger partial charge is 0.462 e. The van der Waals surface area contributed by atoms with Crippen molar-refractivity contribution >= 4 is 17.3 Å². The second-order valence-electron chi connectivity index (χ2n) is 5.02. The molecule has 104 valence electrons. The number of anilines is 2. The smallest absolute Gasteiger partial charge is 0.306 e. The summed E-state index contributed by atoms with van der Waals surface area (Å²) in [6.45, 7) is 3.84. The number of carbonyl (C=O) groups excluding carboxylic acids is 1. The molecule has 4 heteroatoms. The molecule has 19 heavy (non-hydrogen) atoms. The number of hydrogen-bond acceptors (Lipinski definition) is 4. The zero-order valence-electron chi connectivity index (χ0n) is 11.5. The van der Waals surface area contributed by atoms with Crippen molar-refractivity contribution in [3.63, 3.8) is 0 Å². The van der Waals surface area contributed by atoms with Crippen molar-refractivity contribution in [2.45, 2.75) is 38.7 Å². The number of ether oxygens (including phenoxy) is 1. The molecule has 0 unspecified atom stereocenters. The third-order valence-corrected chi connectivity index (χ3v) is 3.45. The maximum atomic E-state index is 11.5. The molecule has 0 spiro atoms. The van der Waals surface area contributed by atoms with Crippen LogP contribution in [0.4, 0.5) is 11.4 Å². The van der Waals surface area contributed by atoms with Gasteiger partial charge in [0.25, 0.3) is 0 Å². The van der Waals surface area contributed by atoms with E-state index in [-0.39, 0.29) is 12.1 Å². The monoisotopic (exact) mass is 262 g/mol. The molecule has 1 heterocycles. The lowest BCUT2D eigenvalue weighted by Crippen LogP contribution is -2.37. The Bertz CT molecular complexity index is 409. The highest BCUT2D eigenvalue weighted by Gasteiger charge is 2.22. The molecule has 1 fully saturated rings. The normalized spacial score (nSPS) is 16.4. The Balaban J connectivity index is 1.82. The summed E-state index contributed by atoms with van der Waals surface area (Å²) in [4.78, 5) is 13.8. The molecule has 0 aromatic heterocycles. The highest BCUT2D eigenvalue weighted by Crippen LogP contribution is 2.22. The summed E-state index contributed by atoms with van der Waals surface area (Å²) in [5, 5.41) is 0. The summed E-state index contributed by atoms with van der Waals surface area (Å²) in [5.74, 6) is -0.0616. The average Bonchev–Trinajstić information content (AvgIpc) is 2.41. The molecular formula is C15H22N2O2. The molecule has 1 aromatic rings. The minimum Gasteiger partial charge on any atom is -0.462 e. The van der Waals surface area contributed by atoms with Gasteiger partial charge in [0.15, 0.2) is 0 Å². The molecule has 4 nitrogen and oxygen atoms in total. The molecule has 0 aliphatic carbocycles. The van der Waals surface area contributed by atoms with Crippen molar-refractivity contribution < 1.29 is 9.53 Å². The number of nitrogens with two attached hydrogens (primary N) is 1. The zero-order valence-corrected chi connectivity index (χ0v) is 11.5. The maximum absolute atomic E-state index is 11.5. The number of hydrogen-bond donors (Lipinski definition) is 1. The summed E-state index contributed by atoms with van der Waals surface area (Å²) >= 11 is 0. The molecule has 0 atom stereocenters. The third-order valence-electron chi connectivity index (χ3n) is 3.45. The van der Waals surface area contributed by atoms with Crippen molar-refractivity contribution in [1.82, 2.24) is 0 Å². The number of carbonyl (C=O) groups is 1. The van der Waals surface area contributed by atoms with Gasteiger partial charge in [-0.1, -0.05) is 6.92 Å². The fraction of sp³-hybridized carbons (Fsp3) is 0.533. The van der Waals surface area contributed by atoms with Crippen LogP contribution < -0.4 is 10.6 Å². The fourth-order valence-electron chi connectivity index (χ4n) is 2.37. The molecule has 1 aliphatic heterocycles. The predicted octanol–water partition coefficient (Wildman–Crippen LogP) is 2.58. The van der Waals surface area contributed by atoms with Gasteiger partial charge < -0.3 is 15.4 Å². The van der Waals surface area contributed by atoms with Gasteiger partial charge in [0.2, 0.25) is 0 Å². The number of benzene rings is 1. The number of esters is 1. The Kier molecular flexibility index (Phi) is 4.66. The summed E-state index contributed by atoms with van der Waals surface area (Å²) in [6.07, 6.45) is 3.27. The van der Waals surface area contributed by atoms with E-state index in [2.05, 4.69) is 4.90 Å². The van der Waals surface area contributed by atoms with Crippen LogP contribution in [-0.2, 0) is 9.53 Å². The van der Waals surface area contributed by atoms with E-state index in [1.165, 1.54) is 5.69 Å². The number of piperidine rings is 1. The third kappa shape index (κ3) is 3.88. The number of nitrogen functional groups attached to an aromatic ring is 1. The maximum Gasteiger partial charge on any atom is 0.306 e. The van der Waals surface area contributed by atoms with Crippen LogP contribution in [-0.4, -0.2) is 25.2 Å². The van der Waals surface area contributed by atoms with Crippen LogP contribution in [0.2, 0.25) is 0 Å². The summed E-state index contributed by atoms with van der Waals surface area (Å²) < 4.78 is 5.45. The minimum absolute atomic E-state index is 0.0616. The Labute approximate surface area is 114 Å². The second-order valence-corrected chi connectivity index (χ2v) is 5.02. The van der Waals surface area contributed by atoms with Gasteiger partial charge in [-0.05, 0) is 30.7 Å². The molecule has 2 N–H and O–H groups in total. The fourth-order valence-corrected chi connectivity index (χ4v) is 2.37. The van der Waals surface area contributed by atoms with Crippen molar-refractivity contribution in [3.8, 4) is 0 Å². The van der Waals surface area contributed by atoms with Gasteiger partial charge in [-0.25, -0.2) is 0 Å². The van der Waals surface area contributed by atoms with Gasteiger partial charge in [-0.2, -0.15) is 0 Å². The molecular weight excluding hydrogens is 240 g/mol. The van der Waals surface area contributed by atoms with Crippen molar-refractivity contribution in [2.24, 2.45) is 0 Å². The number of rotatable bonds is 4. The minimum atomic E-state index is -0.0616. The van der Waals surface area contributed by atoms with E-state index in [1.807, 2.05) is 31.2 Å². The van der Waals surface area contributed by atoms with E-state index in [9.17, 15) is 4.79 Å². The lowest BCUT2D eigenvalue weighted by molar-refractivity contribution is -0.150. The first-order valence-electron chi connectivity index (χ1n) is 6.99. The Morgan fingerprint density at radius 1 is 1.32 bits per heavy atom.